The zero-order valence-electron chi connectivity index (χ0n) is 16.2. The lowest BCUT2D eigenvalue weighted by atomic mass is 9.99. The van der Waals surface area contributed by atoms with Crippen LogP contribution in [0.2, 0.25) is 0 Å². The predicted molar refractivity (Wildman–Crippen MR) is 116 cm³/mol. The molecule has 3 unspecified atom stereocenters. The van der Waals surface area contributed by atoms with Crippen molar-refractivity contribution in [2.75, 3.05) is 6.54 Å². The van der Waals surface area contributed by atoms with Gasteiger partial charge in [0.05, 0.1) is 0 Å². The van der Waals surface area contributed by atoms with Crippen molar-refractivity contribution < 1.29 is 19.8 Å². The molecule has 0 radical (unpaired) electrons. The number of hydrogen-bond donors (Lipinski definition) is 3. The van der Waals surface area contributed by atoms with Gasteiger partial charge in [-0.1, -0.05) is 74.1 Å². The number of carboxylic acid groups (broad SMARTS) is 1. The summed E-state index contributed by atoms with van der Waals surface area (Å²) >= 11 is 6.64. The van der Waals surface area contributed by atoms with Crippen molar-refractivity contribution in [3.8, 4) is 0 Å². The number of aliphatic carboxylic acids is 1. The van der Waals surface area contributed by atoms with Gasteiger partial charge in [0.2, 0.25) is 5.91 Å². The first-order valence-corrected chi connectivity index (χ1v) is 10.4. The number of thioether (sulfide) groups is 1. The number of benzene rings is 1. The quantitative estimate of drug-likeness (QED) is 0.555. The third kappa shape index (κ3) is 5.80. The lowest BCUT2D eigenvalue weighted by molar-refractivity contribution is -0.143. The van der Waals surface area contributed by atoms with E-state index in [1.54, 1.807) is 11.8 Å². The normalized spacial score (nSPS) is 20.3. The Balaban J connectivity index is 1.97. The van der Waals surface area contributed by atoms with Crippen molar-refractivity contribution in [3.05, 3.63) is 40.3 Å². The molecule has 8 heteroatoms. The number of carbonyl (C=O) groups is 2. The number of aliphatic hydroxyl groups is 1. The van der Waals surface area contributed by atoms with E-state index in [1.807, 2.05) is 44.2 Å². The molecule has 1 fully saturated rings. The summed E-state index contributed by atoms with van der Waals surface area (Å²) in [4.78, 5) is 25.8. The first kappa shape index (κ1) is 22.4. The Labute approximate surface area is 175 Å². The average Bonchev–Trinajstić information content (AvgIpc) is 2.92. The predicted octanol–water partition coefficient (Wildman–Crippen LogP) is 2.99. The molecule has 0 aromatic heterocycles. The minimum absolute atomic E-state index is 0.0514. The van der Waals surface area contributed by atoms with Gasteiger partial charge in [-0.25, -0.2) is 4.79 Å². The van der Waals surface area contributed by atoms with Crippen molar-refractivity contribution in [3.63, 3.8) is 0 Å². The van der Waals surface area contributed by atoms with Crippen LogP contribution in [-0.2, 0) is 9.59 Å². The topological polar surface area (TPSA) is 89.9 Å². The Morgan fingerprint density at radius 3 is 2.57 bits per heavy atom. The van der Waals surface area contributed by atoms with Crippen LogP contribution in [0, 0.1) is 12.8 Å². The summed E-state index contributed by atoms with van der Waals surface area (Å²) in [5.41, 5.74) is 2.12. The maximum absolute atomic E-state index is 12.2. The standard InChI is InChI=1S/C20H26N2O4S2/c1-4-13(3)17(19(25)26)21-16(23)9-10-22-18(24)15(28-20(22)27)11-14-7-5-12(2)6-8-14/h5-8,11,13,17-18,24H,4,9-10H2,1-3H3,(H,21,23)(H,25,26)/b15-11+. The maximum atomic E-state index is 12.2. The highest BCUT2D eigenvalue weighted by molar-refractivity contribution is 8.25. The Bertz CT molecular complexity index is 764. The molecule has 1 aromatic rings. The fourth-order valence-corrected chi connectivity index (χ4v) is 4.18. The van der Waals surface area contributed by atoms with Gasteiger partial charge in [0.25, 0.3) is 0 Å². The number of aliphatic hydroxyl groups excluding tert-OH is 1. The van der Waals surface area contributed by atoms with Crippen molar-refractivity contribution in [1.82, 2.24) is 10.2 Å². The van der Waals surface area contributed by atoms with Crippen LogP contribution >= 0.6 is 24.0 Å². The van der Waals surface area contributed by atoms with Crippen LogP contribution in [0.25, 0.3) is 6.08 Å². The Morgan fingerprint density at radius 2 is 2.00 bits per heavy atom. The molecule has 1 amide bonds. The Hall–Kier alpha value is -1.90. The molecule has 152 valence electrons. The highest BCUT2D eigenvalue weighted by atomic mass is 32.2. The number of thiocarbonyl (C=S) groups is 1. The van der Waals surface area contributed by atoms with Gasteiger partial charge in [0.15, 0.2) is 6.23 Å². The van der Waals surface area contributed by atoms with Crippen LogP contribution in [-0.4, -0.2) is 50.1 Å². The van der Waals surface area contributed by atoms with Crippen LogP contribution in [0.1, 0.15) is 37.8 Å². The van der Waals surface area contributed by atoms with Gasteiger partial charge in [0.1, 0.15) is 10.4 Å². The monoisotopic (exact) mass is 422 g/mol. The molecule has 0 bridgehead atoms. The molecule has 6 nitrogen and oxygen atoms in total. The molecule has 1 saturated heterocycles. The van der Waals surface area contributed by atoms with Gasteiger partial charge in [-0.15, -0.1) is 0 Å². The molecule has 28 heavy (non-hydrogen) atoms. The van der Waals surface area contributed by atoms with E-state index in [0.717, 1.165) is 11.1 Å². The summed E-state index contributed by atoms with van der Waals surface area (Å²) < 4.78 is 0.496. The molecule has 3 N–H and O–H groups in total. The van der Waals surface area contributed by atoms with Crippen molar-refractivity contribution in [1.29, 1.82) is 0 Å². The minimum atomic E-state index is -1.04. The van der Waals surface area contributed by atoms with E-state index >= 15 is 0 Å². The summed E-state index contributed by atoms with van der Waals surface area (Å²) in [5, 5.41) is 22.4. The van der Waals surface area contributed by atoms with E-state index < -0.39 is 18.2 Å². The summed E-state index contributed by atoms with van der Waals surface area (Å²) in [6.45, 7) is 5.90. The molecule has 0 saturated carbocycles. The first-order valence-electron chi connectivity index (χ1n) is 9.19. The number of rotatable bonds is 8. The van der Waals surface area contributed by atoms with E-state index in [4.69, 9.17) is 12.2 Å². The minimum Gasteiger partial charge on any atom is -0.480 e. The fourth-order valence-electron chi connectivity index (χ4n) is 2.76. The summed E-state index contributed by atoms with van der Waals surface area (Å²) in [6, 6.07) is 7.01. The van der Waals surface area contributed by atoms with Crippen LogP contribution in [0.15, 0.2) is 29.2 Å². The number of aryl methyl sites for hydroxylation is 1. The van der Waals surface area contributed by atoms with E-state index in [2.05, 4.69) is 5.32 Å². The zero-order chi connectivity index (χ0) is 20.8. The lowest BCUT2D eigenvalue weighted by Crippen LogP contribution is -2.46. The van der Waals surface area contributed by atoms with E-state index in [1.165, 1.54) is 11.8 Å². The number of hydrogen-bond acceptors (Lipinski definition) is 5. The molecule has 0 aliphatic carbocycles. The maximum Gasteiger partial charge on any atom is 0.326 e. The fraction of sp³-hybridized carbons (Fsp3) is 0.450. The van der Waals surface area contributed by atoms with E-state index in [9.17, 15) is 19.8 Å². The van der Waals surface area contributed by atoms with E-state index in [-0.39, 0.29) is 24.8 Å². The third-order valence-corrected chi connectivity index (χ3v) is 6.21. The largest absolute Gasteiger partial charge is 0.480 e. The number of carboxylic acids is 1. The van der Waals surface area contributed by atoms with Crippen molar-refractivity contribution in [2.45, 2.75) is 45.9 Å². The second-order valence-corrected chi connectivity index (χ2v) is 8.62. The summed E-state index contributed by atoms with van der Waals surface area (Å²) in [7, 11) is 0. The molecule has 2 rings (SSSR count). The van der Waals surface area contributed by atoms with Crippen molar-refractivity contribution >= 4 is 46.3 Å². The number of nitrogens with one attached hydrogen (secondary N) is 1. The highest BCUT2D eigenvalue weighted by Crippen LogP contribution is 2.35. The number of nitrogens with zero attached hydrogens (tertiary/aromatic N) is 1. The average molecular weight is 423 g/mol. The lowest BCUT2D eigenvalue weighted by Gasteiger charge is -2.23. The molecule has 3 atom stereocenters. The number of carbonyl (C=O) groups excluding carboxylic acids is 1. The second kappa shape index (κ2) is 10.0. The molecule has 0 spiro atoms. The van der Waals surface area contributed by atoms with Crippen molar-refractivity contribution in [2.24, 2.45) is 5.92 Å². The van der Waals surface area contributed by atoms with Crippen LogP contribution in [0.5, 0.6) is 0 Å². The summed E-state index contributed by atoms with van der Waals surface area (Å²) in [5.74, 6) is -1.58. The Morgan fingerprint density at radius 1 is 1.36 bits per heavy atom. The molecular weight excluding hydrogens is 396 g/mol. The van der Waals surface area contributed by atoms with Gasteiger partial charge in [-0.05, 0) is 24.5 Å². The summed E-state index contributed by atoms with van der Waals surface area (Å²) in [6.07, 6.45) is 1.67. The number of amides is 1. The Kier molecular flexibility index (Phi) is 8.03. The third-order valence-electron chi connectivity index (χ3n) is 4.75. The van der Waals surface area contributed by atoms with Gasteiger partial charge < -0.3 is 20.4 Å². The van der Waals surface area contributed by atoms with Crippen LogP contribution < -0.4 is 5.32 Å². The molecule has 1 aliphatic heterocycles. The zero-order valence-corrected chi connectivity index (χ0v) is 17.8. The molecule has 1 aliphatic rings. The smallest absolute Gasteiger partial charge is 0.326 e. The van der Waals surface area contributed by atoms with E-state index in [0.29, 0.717) is 15.6 Å². The molecule has 1 heterocycles. The van der Waals surface area contributed by atoms with Gasteiger partial charge >= 0.3 is 5.97 Å². The SMILES string of the molecule is CCC(C)C(NC(=O)CCN1C(=S)S/C(=C/c2ccc(C)cc2)C1O)C(=O)O. The second-order valence-electron chi connectivity index (χ2n) is 6.91. The van der Waals surface area contributed by atoms with Gasteiger partial charge in [-0.2, -0.15) is 0 Å². The molecule has 1 aromatic carbocycles. The van der Waals surface area contributed by atoms with Crippen LogP contribution in [0.3, 0.4) is 0 Å². The van der Waals surface area contributed by atoms with Gasteiger partial charge in [-0.3, -0.25) is 4.79 Å². The highest BCUT2D eigenvalue weighted by Gasteiger charge is 2.32. The van der Waals surface area contributed by atoms with Crippen LogP contribution in [0.4, 0.5) is 0 Å². The first-order chi connectivity index (χ1) is 13.2. The molecular formula is C20H26N2O4S2. The van der Waals surface area contributed by atoms with Gasteiger partial charge in [0, 0.05) is 17.9 Å².